The number of aliphatic hydroxyl groups is 1. The van der Waals surface area contributed by atoms with Crippen molar-refractivity contribution in [3.05, 3.63) is 0 Å². The van der Waals surface area contributed by atoms with E-state index in [0.29, 0.717) is 31.7 Å². The SMILES string of the molecule is CC(C)(C)OC(=O)N1CCC(O)(CS)CC1. The summed E-state index contributed by atoms with van der Waals surface area (Å²) in [7, 11) is 0. The van der Waals surface area contributed by atoms with Gasteiger partial charge in [-0.25, -0.2) is 4.79 Å². The lowest BCUT2D eigenvalue weighted by Gasteiger charge is -2.37. The van der Waals surface area contributed by atoms with Crippen LogP contribution in [0.5, 0.6) is 0 Å². The Hall–Kier alpha value is -0.420. The zero-order chi connectivity index (χ0) is 12.4. The van der Waals surface area contributed by atoms with E-state index >= 15 is 0 Å². The molecule has 1 rings (SSSR count). The minimum atomic E-state index is -0.721. The van der Waals surface area contributed by atoms with Gasteiger partial charge in [-0.3, -0.25) is 0 Å². The Morgan fingerprint density at radius 3 is 2.31 bits per heavy atom. The number of carbonyl (C=O) groups is 1. The van der Waals surface area contributed by atoms with Gasteiger partial charge in [0.15, 0.2) is 0 Å². The van der Waals surface area contributed by atoms with Crippen LogP contribution in [0.4, 0.5) is 4.79 Å². The molecule has 94 valence electrons. The van der Waals surface area contributed by atoms with Gasteiger partial charge in [-0.15, -0.1) is 0 Å². The number of piperidine rings is 1. The molecule has 0 radical (unpaired) electrons. The van der Waals surface area contributed by atoms with Gasteiger partial charge in [-0.1, -0.05) is 0 Å². The number of amides is 1. The monoisotopic (exact) mass is 247 g/mol. The van der Waals surface area contributed by atoms with Crippen LogP contribution in [0.2, 0.25) is 0 Å². The molecule has 0 aliphatic carbocycles. The fourth-order valence-corrected chi connectivity index (χ4v) is 1.91. The quantitative estimate of drug-likeness (QED) is 0.693. The molecule has 1 heterocycles. The molecule has 0 saturated carbocycles. The second kappa shape index (κ2) is 4.84. The van der Waals surface area contributed by atoms with Crippen LogP contribution in [0.3, 0.4) is 0 Å². The molecular weight excluding hydrogens is 226 g/mol. The van der Waals surface area contributed by atoms with E-state index in [2.05, 4.69) is 12.6 Å². The molecule has 0 atom stereocenters. The zero-order valence-corrected chi connectivity index (χ0v) is 11.1. The number of thiol groups is 1. The summed E-state index contributed by atoms with van der Waals surface area (Å²) in [6, 6.07) is 0. The average Bonchev–Trinajstić information content (AvgIpc) is 2.16. The van der Waals surface area contributed by atoms with Crippen molar-refractivity contribution in [3.8, 4) is 0 Å². The van der Waals surface area contributed by atoms with Crippen LogP contribution in [0.15, 0.2) is 0 Å². The minimum absolute atomic E-state index is 0.297. The molecule has 1 amide bonds. The van der Waals surface area contributed by atoms with E-state index in [0.717, 1.165) is 0 Å². The number of carbonyl (C=O) groups excluding carboxylic acids is 1. The first-order valence-electron chi connectivity index (χ1n) is 5.57. The molecule has 16 heavy (non-hydrogen) atoms. The maximum atomic E-state index is 11.7. The van der Waals surface area contributed by atoms with Gasteiger partial charge in [0.2, 0.25) is 0 Å². The molecule has 5 heteroatoms. The maximum absolute atomic E-state index is 11.7. The molecule has 0 aromatic rings. The van der Waals surface area contributed by atoms with E-state index in [1.165, 1.54) is 0 Å². The van der Waals surface area contributed by atoms with Crippen molar-refractivity contribution in [3.63, 3.8) is 0 Å². The van der Waals surface area contributed by atoms with Crippen molar-refractivity contribution < 1.29 is 14.6 Å². The van der Waals surface area contributed by atoms with Gasteiger partial charge in [0.25, 0.3) is 0 Å². The highest BCUT2D eigenvalue weighted by molar-refractivity contribution is 7.80. The standard InChI is InChI=1S/C11H21NO3S/c1-10(2,3)15-9(13)12-6-4-11(14,8-16)5-7-12/h14,16H,4-8H2,1-3H3. The summed E-state index contributed by atoms with van der Waals surface area (Å²) >= 11 is 4.11. The fourth-order valence-electron chi connectivity index (χ4n) is 1.59. The summed E-state index contributed by atoms with van der Waals surface area (Å²) in [5, 5.41) is 9.96. The lowest BCUT2D eigenvalue weighted by Crippen LogP contribution is -2.48. The Bertz CT molecular complexity index is 254. The Kier molecular flexibility index (Phi) is 4.12. The molecule has 0 aromatic heterocycles. The molecule has 0 aromatic carbocycles. The molecule has 0 unspecified atom stereocenters. The average molecular weight is 247 g/mol. The Morgan fingerprint density at radius 1 is 1.44 bits per heavy atom. The van der Waals surface area contributed by atoms with E-state index < -0.39 is 11.2 Å². The van der Waals surface area contributed by atoms with E-state index in [-0.39, 0.29) is 6.09 Å². The number of rotatable bonds is 1. The van der Waals surface area contributed by atoms with Crippen LogP contribution in [-0.2, 0) is 4.74 Å². The summed E-state index contributed by atoms with van der Waals surface area (Å²) < 4.78 is 5.27. The molecule has 4 nitrogen and oxygen atoms in total. The second-order valence-electron chi connectivity index (χ2n) is 5.35. The van der Waals surface area contributed by atoms with E-state index in [1.807, 2.05) is 20.8 Å². The first kappa shape index (κ1) is 13.6. The van der Waals surface area contributed by atoms with Crippen molar-refractivity contribution in [1.29, 1.82) is 0 Å². The van der Waals surface area contributed by atoms with Crippen LogP contribution in [0.25, 0.3) is 0 Å². The third-order valence-electron chi connectivity index (χ3n) is 2.64. The predicted molar refractivity (Wildman–Crippen MR) is 65.8 cm³/mol. The highest BCUT2D eigenvalue weighted by Gasteiger charge is 2.34. The van der Waals surface area contributed by atoms with Gasteiger partial charge >= 0.3 is 6.09 Å². The third-order valence-corrected chi connectivity index (χ3v) is 3.23. The first-order valence-corrected chi connectivity index (χ1v) is 6.20. The van der Waals surface area contributed by atoms with E-state index in [9.17, 15) is 9.90 Å². The number of nitrogens with zero attached hydrogens (tertiary/aromatic N) is 1. The molecule has 1 fully saturated rings. The number of hydrogen-bond donors (Lipinski definition) is 2. The number of likely N-dealkylation sites (tertiary alicyclic amines) is 1. The highest BCUT2D eigenvalue weighted by Crippen LogP contribution is 2.24. The van der Waals surface area contributed by atoms with Crippen LogP contribution in [-0.4, -0.2) is 46.1 Å². The van der Waals surface area contributed by atoms with Gasteiger partial charge in [0.1, 0.15) is 5.60 Å². The smallest absolute Gasteiger partial charge is 0.410 e. The van der Waals surface area contributed by atoms with E-state index in [4.69, 9.17) is 4.74 Å². The molecule has 1 aliphatic heterocycles. The zero-order valence-electron chi connectivity index (χ0n) is 10.2. The van der Waals surface area contributed by atoms with Gasteiger partial charge in [0, 0.05) is 18.8 Å². The van der Waals surface area contributed by atoms with Crippen molar-refractivity contribution in [2.45, 2.75) is 44.8 Å². The normalized spacial score (nSPS) is 20.7. The van der Waals surface area contributed by atoms with Crippen LogP contribution < -0.4 is 0 Å². The third kappa shape index (κ3) is 3.87. The van der Waals surface area contributed by atoms with Crippen molar-refractivity contribution in [2.75, 3.05) is 18.8 Å². The van der Waals surface area contributed by atoms with E-state index in [1.54, 1.807) is 4.90 Å². The molecule has 0 bridgehead atoms. The fraction of sp³-hybridized carbons (Fsp3) is 0.909. The Labute approximate surface area is 102 Å². The van der Waals surface area contributed by atoms with Gasteiger partial charge in [0.05, 0.1) is 5.60 Å². The Morgan fingerprint density at radius 2 is 1.94 bits per heavy atom. The highest BCUT2D eigenvalue weighted by atomic mass is 32.1. The lowest BCUT2D eigenvalue weighted by molar-refractivity contribution is -0.0189. The minimum Gasteiger partial charge on any atom is -0.444 e. The largest absolute Gasteiger partial charge is 0.444 e. The Balaban J connectivity index is 2.45. The number of ether oxygens (including phenoxy) is 1. The number of hydrogen-bond acceptors (Lipinski definition) is 4. The first-order chi connectivity index (χ1) is 7.26. The van der Waals surface area contributed by atoms with Crippen molar-refractivity contribution in [2.24, 2.45) is 0 Å². The summed E-state index contributed by atoms with van der Waals surface area (Å²) in [5.41, 5.74) is -1.18. The molecule has 0 spiro atoms. The molecule has 1 aliphatic rings. The molecular formula is C11H21NO3S. The van der Waals surface area contributed by atoms with Crippen molar-refractivity contribution in [1.82, 2.24) is 4.90 Å². The summed E-state index contributed by atoms with van der Waals surface area (Å²) in [6.45, 7) is 6.61. The topological polar surface area (TPSA) is 49.8 Å². The second-order valence-corrected chi connectivity index (χ2v) is 5.67. The molecule has 1 saturated heterocycles. The lowest BCUT2D eigenvalue weighted by atomic mass is 9.94. The van der Waals surface area contributed by atoms with Gasteiger partial charge in [-0.2, -0.15) is 12.6 Å². The summed E-state index contributed by atoms with van der Waals surface area (Å²) in [4.78, 5) is 13.4. The van der Waals surface area contributed by atoms with Crippen LogP contribution in [0, 0.1) is 0 Å². The molecule has 1 N–H and O–H groups in total. The van der Waals surface area contributed by atoms with Crippen LogP contribution in [0.1, 0.15) is 33.6 Å². The van der Waals surface area contributed by atoms with Crippen LogP contribution >= 0.6 is 12.6 Å². The predicted octanol–water partition coefficient (Wildman–Crippen LogP) is 1.68. The summed E-state index contributed by atoms with van der Waals surface area (Å²) in [6.07, 6.45) is 0.833. The van der Waals surface area contributed by atoms with Crippen molar-refractivity contribution >= 4 is 18.7 Å². The maximum Gasteiger partial charge on any atom is 0.410 e. The van der Waals surface area contributed by atoms with Gasteiger partial charge in [-0.05, 0) is 33.6 Å². The summed E-state index contributed by atoms with van der Waals surface area (Å²) in [5.74, 6) is 0.440. The van der Waals surface area contributed by atoms with Gasteiger partial charge < -0.3 is 14.7 Å².